The van der Waals surface area contributed by atoms with Gasteiger partial charge in [-0.3, -0.25) is 4.79 Å². The van der Waals surface area contributed by atoms with Gasteiger partial charge in [-0.15, -0.1) is 11.3 Å². The fraction of sp³-hybridized carbons (Fsp3) is 0.444. The maximum Gasteiger partial charge on any atom is 0.226 e. The maximum absolute atomic E-state index is 11.9. The third kappa shape index (κ3) is 6.29. The molecule has 1 aromatic carbocycles. The Kier molecular flexibility index (Phi) is 7.71. The van der Waals surface area contributed by atoms with Crippen LogP contribution in [-0.2, 0) is 22.4 Å². The average Bonchev–Trinajstić information content (AvgIpc) is 3.02. The Hall–Kier alpha value is -1.92. The van der Waals surface area contributed by atoms with Crippen LogP contribution in [0.3, 0.4) is 0 Å². The van der Waals surface area contributed by atoms with Gasteiger partial charge in [0.05, 0.1) is 12.1 Å². The lowest BCUT2D eigenvalue weighted by atomic mass is 10.1. The number of aromatic nitrogens is 1. The minimum atomic E-state index is -0.00403. The van der Waals surface area contributed by atoms with Crippen LogP contribution >= 0.6 is 11.3 Å². The number of anilines is 2. The summed E-state index contributed by atoms with van der Waals surface area (Å²) in [6, 6.07) is 8.30. The Morgan fingerprint density at radius 1 is 1.25 bits per heavy atom. The summed E-state index contributed by atoms with van der Waals surface area (Å²) in [4.78, 5) is 16.3. The van der Waals surface area contributed by atoms with Crippen LogP contribution in [0.15, 0.2) is 29.6 Å². The van der Waals surface area contributed by atoms with Crippen molar-refractivity contribution in [2.45, 2.75) is 33.1 Å². The molecule has 2 rings (SSSR count). The van der Waals surface area contributed by atoms with E-state index in [9.17, 15) is 4.79 Å². The zero-order valence-corrected chi connectivity index (χ0v) is 15.1. The highest BCUT2D eigenvalue weighted by atomic mass is 32.1. The van der Waals surface area contributed by atoms with Gasteiger partial charge in [0, 0.05) is 30.8 Å². The van der Waals surface area contributed by atoms with Gasteiger partial charge < -0.3 is 15.4 Å². The number of carbonyl (C=O) groups excluding carboxylic acids is 1. The zero-order chi connectivity index (χ0) is 17.2. The normalized spacial score (nSPS) is 10.6. The number of aryl methyl sites for hydroxylation is 1. The largest absolute Gasteiger partial charge is 0.382 e. The SMILES string of the molecule is CCOCCCNC(=O)Cc1csc(Nc2ccc(CC)cc2)n1. The molecule has 5 nitrogen and oxygen atoms in total. The predicted molar refractivity (Wildman–Crippen MR) is 99.0 cm³/mol. The second-order valence-electron chi connectivity index (χ2n) is 5.40. The number of thiazole rings is 1. The first kappa shape index (κ1) is 18.4. The maximum atomic E-state index is 11.9. The van der Waals surface area contributed by atoms with Crippen molar-refractivity contribution in [2.75, 3.05) is 25.1 Å². The van der Waals surface area contributed by atoms with Crippen molar-refractivity contribution in [3.05, 3.63) is 40.9 Å². The summed E-state index contributed by atoms with van der Waals surface area (Å²) in [6.07, 6.45) is 2.17. The molecule has 0 aliphatic rings. The van der Waals surface area contributed by atoms with Gasteiger partial charge in [0.25, 0.3) is 0 Å². The lowest BCUT2D eigenvalue weighted by Crippen LogP contribution is -2.26. The summed E-state index contributed by atoms with van der Waals surface area (Å²) in [5, 5.41) is 8.88. The van der Waals surface area contributed by atoms with Gasteiger partial charge in [-0.2, -0.15) is 0 Å². The van der Waals surface area contributed by atoms with E-state index in [4.69, 9.17) is 4.74 Å². The topological polar surface area (TPSA) is 63.2 Å². The molecule has 2 N–H and O–H groups in total. The molecule has 0 fully saturated rings. The van der Waals surface area contributed by atoms with Crippen LogP contribution in [-0.4, -0.2) is 30.6 Å². The second kappa shape index (κ2) is 10.1. The standard InChI is InChI=1S/C18H25N3O2S/c1-3-14-6-8-15(9-7-14)20-18-21-16(13-24-18)12-17(22)19-10-5-11-23-4-2/h6-9,13H,3-5,10-12H2,1-2H3,(H,19,22)(H,20,21). The number of nitrogens with one attached hydrogen (secondary N) is 2. The number of hydrogen-bond donors (Lipinski definition) is 2. The highest BCUT2D eigenvalue weighted by Crippen LogP contribution is 2.21. The predicted octanol–water partition coefficient (Wildman–Crippen LogP) is 3.53. The molecule has 1 heterocycles. The van der Waals surface area contributed by atoms with E-state index >= 15 is 0 Å². The van der Waals surface area contributed by atoms with Crippen molar-refractivity contribution in [1.29, 1.82) is 0 Å². The first-order valence-electron chi connectivity index (χ1n) is 8.36. The summed E-state index contributed by atoms with van der Waals surface area (Å²) < 4.78 is 5.24. The quantitative estimate of drug-likeness (QED) is 0.645. The molecule has 0 aliphatic carbocycles. The van der Waals surface area contributed by atoms with Crippen molar-refractivity contribution < 1.29 is 9.53 Å². The molecule has 2 aromatic rings. The molecule has 0 spiro atoms. The van der Waals surface area contributed by atoms with Gasteiger partial charge in [-0.1, -0.05) is 19.1 Å². The molecule has 1 aromatic heterocycles. The van der Waals surface area contributed by atoms with Gasteiger partial charge in [0.15, 0.2) is 5.13 Å². The third-order valence-corrected chi connectivity index (χ3v) is 4.31. The molecule has 0 saturated carbocycles. The molecule has 0 radical (unpaired) electrons. The zero-order valence-electron chi connectivity index (χ0n) is 14.3. The number of benzene rings is 1. The van der Waals surface area contributed by atoms with Crippen LogP contribution in [0.2, 0.25) is 0 Å². The van der Waals surface area contributed by atoms with E-state index in [-0.39, 0.29) is 5.91 Å². The third-order valence-electron chi connectivity index (χ3n) is 3.50. The fourth-order valence-electron chi connectivity index (χ4n) is 2.17. The highest BCUT2D eigenvalue weighted by Gasteiger charge is 2.07. The van der Waals surface area contributed by atoms with Crippen molar-refractivity contribution in [3.8, 4) is 0 Å². The van der Waals surface area contributed by atoms with Gasteiger partial charge in [-0.05, 0) is 37.5 Å². The molecule has 0 saturated heterocycles. The summed E-state index contributed by atoms with van der Waals surface area (Å²) in [5.74, 6) is -0.00403. The first-order chi connectivity index (χ1) is 11.7. The molecule has 6 heteroatoms. The monoisotopic (exact) mass is 347 g/mol. The Balaban J connectivity index is 1.76. The van der Waals surface area contributed by atoms with Crippen LogP contribution in [0.25, 0.3) is 0 Å². The van der Waals surface area contributed by atoms with E-state index in [2.05, 4.69) is 34.7 Å². The molecule has 24 heavy (non-hydrogen) atoms. The Labute approximate surface area is 147 Å². The van der Waals surface area contributed by atoms with Crippen molar-refractivity contribution >= 4 is 28.1 Å². The van der Waals surface area contributed by atoms with Gasteiger partial charge >= 0.3 is 0 Å². The van der Waals surface area contributed by atoms with Crippen LogP contribution in [0.1, 0.15) is 31.5 Å². The number of carbonyl (C=O) groups is 1. The lowest BCUT2D eigenvalue weighted by Gasteiger charge is -2.04. The number of hydrogen-bond acceptors (Lipinski definition) is 5. The molecule has 0 aliphatic heterocycles. The number of ether oxygens (including phenoxy) is 1. The Morgan fingerprint density at radius 2 is 2.04 bits per heavy atom. The van der Waals surface area contributed by atoms with E-state index in [0.717, 1.165) is 29.4 Å². The molecular formula is C18H25N3O2S. The van der Waals surface area contributed by atoms with Crippen molar-refractivity contribution in [1.82, 2.24) is 10.3 Å². The van der Waals surface area contributed by atoms with E-state index in [1.807, 2.05) is 24.4 Å². The van der Waals surface area contributed by atoms with Crippen LogP contribution in [0.4, 0.5) is 10.8 Å². The van der Waals surface area contributed by atoms with Gasteiger partial charge in [0.1, 0.15) is 0 Å². The van der Waals surface area contributed by atoms with Crippen LogP contribution < -0.4 is 10.6 Å². The minimum Gasteiger partial charge on any atom is -0.382 e. The lowest BCUT2D eigenvalue weighted by molar-refractivity contribution is -0.120. The number of nitrogens with zero attached hydrogens (tertiary/aromatic N) is 1. The van der Waals surface area contributed by atoms with E-state index in [1.165, 1.54) is 16.9 Å². The van der Waals surface area contributed by atoms with E-state index in [1.54, 1.807) is 0 Å². The van der Waals surface area contributed by atoms with Crippen LogP contribution in [0, 0.1) is 0 Å². The number of rotatable bonds is 10. The Morgan fingerprint density at radius 3 is 2.75 bits per heavy atom. The molecule has 0 bridgehead atoms. The average molecular weight is 347 g/mol. The van der Waals surface area contributed by atoms with Gasteiger partial charge in [-0.25, -0.2) is 4.98 Å². The molecule has 130 valence electrons. The molecule has 1 amide bonds. The summed E-state index contributed by atoms with van der Waals surface area (Å²) >= 11 is 1.51. The summed E-state index contributed by atoms with van der Waals surface area (Å²) in [5.41, 5.74) is 3.10. The highest BCUT2D eigenvalue weighted by molar-refractivity contribution is 7.13. The smallest absolute Gasteiger partial charge is 0.226 e. The summed E-state index contributed by atoms with van der Waals surface area (Å²) in [7, 11) is 0. The minimum absolute atomic E-state index is 0.00403. The van der Waals surface area contributed by atoms with Gasteiger partial charge in [0.2, 0.25) is 5.91 Å². The first-order valence-corrected chi connectivity index (χ1v) is 9.24. The molecule has 0 atom stereocenters. The molecular weight excluding hydrogens is 322 g/mol. The fourth-order valence-corrected chi connectivity index (χ4v) is 2.90. The van der Waals surface area contributed by atoms with E-state index < -0.39 is 0 Å². The molecule has 0 unspecified atom stereocenters. The Bertz CT molecular complexity index is 625. The van der Waals surface area contributed by atoms with Crippen molar-refractivity contribution in [2.24, 2.45) is 0 Å². The number of amides is 1. The van der Waals surface area contributed by atoms with Crippen LogP contribution in [0.5, 0.6) is 0 Å². The van der Waals surface area contributed by atoms with Crippen molar-refractivity contribution in [3.63, 3.8) is 0 Å². The van der Waals surface area contributed by atoms with E-state index in [0.29, 0.717) is 26.2 Å². The summed E-state index contributed by atoms with van der Waals surface area (Å²) in [6.45, 7) is 6.13. The second-order valence-corrected chi connectivity index (χ2v) is 6.25.